The van der Waals surface area contributed by atoms with Crippen molar-refractivity contribution in [2.75, 3.05) is 6.61 Å². The van der Waals surface area contributed by atoms with Crippen LogP contribution >= 0.6 is 12.4 Å². The van der Waals surface area contributed by atoms with Crippen LogP contribution in [0.2, 0.25) is 0 Å². The highest BCUT2D eigenvalue weighted by Crippen LogP contribution is 1.34. The standard InChI is InChI=1S/C2H3NO.ClH/c3-1-2-4;/h4H,2H2;1H. The molecule has 0 fully saturated rings. The minimum absolute atomic E-state index is 0. The third-order valence-corrected chi connectivity index (χ3v) is 0.0707. The van der Waals surface area contributed by atoms with Gasteiger partial charge < -0.3 is 5.11 Å². The van der Waals surface area contributed by atoms with Crippen LogP contribution in [0, 0.1) is 11.3 Å². The van der Waals surface area contributed by atoms with Gasteiger partial charge in [0.25, 0.3) is 0 Å². The van der Waals surface area contributed by atoms with Crippen LogP contribution in [0.1, 0.15) is 0 Å². The zero-order chi connectivity index (χ0) is 3.41. The molecule has 0 aliphatic rings. The van der Waals surface area contributed by atoms with E-state index in [1.165, 1.54) is 6.07 Å². The fourth-order valence-electron chi connectivity index (χ4n) is 0. The molecule has 0 unspecified atom stereocenters. The van der Waals surface area contributed by atoms with Gasteiger partial charge in [-0.2, -0.15) is 5.26 Å². The molecule has 0 spiro atoms. The predicted molar refractivity (Wildman–Crippen MR) is 19.9 cm³/mol. The second-order valence-electron chi connectivity index (χ2n) is 0.316. The summed E-state index contributed by atoms with van der Waals surface area (Å²) in [5.41, 5.74) is 0. The molecule has 3 heteroatoms. The molecule has 0 aromatic carbocycles. The summed E-state index contributed by atoms with van der Waals surface area (Å²) in [4.78, 5) is 0. The maximum atomic E-state index is 7.51. The molecule has 0 rings (SSSR count). The van der Waals surface area contributed by atoms with Crippen molar-refractivity contribution in [3.05, 3.63) is 0 Å². The van der Waals surface area contributed by atoms with Gasteiger partial charge in [-0.1, -0.05) is 0 Å². The van der Waals surface area contributed by atoms with Crippen molar-refractivity contribution in [3.63, 3.8) is 0 Å². The summed E-state index contributed by atoms with van der Waals surface area (Å²) in [7, 11) is 0. The van der Waals surface area contributed by atoms with Crippen LogP contribution in [0.3, 0.4) is 0 Å². The molecular formula is C2H4ClNO. The molecule has 0 saturated heterocycles. The Bertz CT molecular complexity index is 39.4. The number of halogens is 1. The van der Waals surface area contributed by atoms with E-state index in [4.69, 9.17) is 10.4 Å². The Hall–Kier alpha value is -0.260. The second-order valence-corrected chi connectivity index (χ2v) is 0.316. The quantitative estimate of drug-likeness (QED) is 0.426. The lowest BCUT2D eigenvalue weighted by Crippen LogP contribution is -1.64. The van der Waals surface area contributed by atoms with E-state index in [2.05, 4.69) is 0 Å². The highest BCUT2D eigenvalue weighted by Gasteiger charge is 1.49. The molecule has 30 valence electrons. The molecule has 2 nitrogen and oxygen atoms in total. The number of hydrogen-bond acceptors (Lipinski definition) is 2. The van der Waals surface area contributed by atoms with Gasteiger partial charge >= 0.3 is 0 Å². The Balaban J connectivity index is 0. The predicted octanol–water partition coefficient (Wildman–Crippen LogP) is -0.0759. The number of aliphatic hydroxyl groups excluding tert-OH is 1. The van der Waals surface area contributed by atoms with Crippen LogP contribution in [0.25, 0.3) is 0 Å². The van der Waals surface area contributed by atoms with Gasteiger partial charge in [0.15, 0.2) is 0 Å². The van der Waals surface area contributed by atoms with Crippen molar-refractivity contribution in [1.82, 2.24) is 0 Å². The fourth-order valence-corrected chi connectivity index (χ4v) is 0. The Kier molecular flexibility index (Phi) is 16.4. The first-order chi connectivity index (χ1) is 1.91. The van der Waals surface area contributed by atoms with E-state index in [1.54, 1.807) is 0 Å². The van der Waals surface area contributed by atoms with Gasteiger partial charge in [0.1, 0.15) is 6.61 Å². The van der Waals surface area contributed by atoms with Crippen LogP contribution in [0.4, 0.5) is 0 Å². The average molecular weight is 93.5 g/mol. The van der Waals surface area contributed by atoms with E-state index in [0.717, 1.165) is 0 Å². The number of nitriles is 1. The smallest absolute Gasteiger partial charge is 0.130 e. The van der Waals surface area contributed by atoms with Crippen LogP contribution < -0.4 is 0 Å². The lowest BCUT2D eigenvalue weighted by atomic mass is 10.9. The van der Waals surface area contributed by atoms with Crippen molar-refractivity contribution in [2.24, 2.45) is 0 Å². The SMILES string of the molecule is Cl.N#CCO. The summed E-state index contributed by atoms with van der Waals surface area (Å²) >= 11 is 0. The first kappa shape index (κ1) is 8.83. The minimum atomic E-state index is -0.375. The first-order valence-electron chi connectivity index (χ1n) is 0.893. The van der Waals surface area contributed by atoms with E-state index in [1.807, 2.05) is 0 Å². The molecule has 0 aliphatic carbocycles. The monoisotopic (exact) mass is 93.0 g/mol. The summed E-state index contributed by atoms with van der Waals surface area (Å²) in [5.74, 6) is 0. The second kappa shape index (κ2) is 9.27. The lowest BCUT2D eigenvalue weighted by molar-refractivity contribution is 0.348. The summed E-state index contributed by atoms with van der Waals surface area (Å²) < 4.78 is 0. The van der Waals surface area contributed by atoms with Gasteiger partial charge in [-0.15, -0.1) is 12.4 Å². The van der Waals surface area contributed by atoms with Crippen molar-refractivity contribution in [2.45, 2.75) is 0 Å². The largest absolute Gasteiger partial charge is 0.381 e. The molecule has 0 aromatic rings. The third kappa shape index (κ3) is 20.7. The molecule has 5 heavy (non-hydrogen) atoms. The fraction of sp³-hybridized carbons (Fsp3) is 0.500. The van der Waals surface area contributed by atoms with Gasteiger partial charge in [-0.3, -0.25) is 0 Å². The van der Waals surface area contributed by atoms with Crippen LogP contribution in [0.15, 0.2) is 0 Å². The molecule has 0 atom stereocenters. The molecule has 0 heterocycles. The van der Waals surface area contributed by atoms with Crippen molar-refractivity contribution >= 4 is 12.4 Å². The summed E-state index contributed by atoms with van der Waals surface area (Å²) in [5, 5.41) is 14.9. The number of rotatable bonds is 0. The molecule has 0 aromatic heterocycles. The van der Waals surface area contributed by atoms with Crippen molar-refractivity contribution < 1.29 is 5.11 Å². The average Bonchev–Trinajstić information content (AvgIpc) is 1.37. The highest BCUT2D eigenvalue weighted by atomic mass is 35.5. The maximum Gasteiger partial charge on any atom is 0.130 e. The Morgan fingerprint density at radius 3 is 2.00 bits per heavy atom. The Morgan fingerprint density at radius 2 is 2.00 bits per heavy atom. The van der Waals surface area contributed by atoms with Crippen LogP contribution in [-0.2, 0) is 0 Å². The van der Waals surface area contributed by atoms with Crippen molar-refractivity contribution in [1.29, 1.82) is 5.26 Å². The van der Waals surface area contributed by atoms with Crippen LogP contribution in [-0.4, -0.2) is 11.7 Å². The Labute approximate surface area is 36.4 Å². The topological polar surface area (TPSA) is 44.0 Å². The van der Waals surface area contributed by atoms with Gasteiger partial charge in [-0.25, -0.2) is 0 Å². The van der Waals surface area contributed by atoms with Gasteiger partial charge in [-0.05, 0) is 0 Å². The van der Waals surface area contributed by atoms with E-state index in [9.17, 15) is 0 Å². The molecule has 0 bridgehead atoms. The summed E-state index contributed by atoms with van der Waals surface area (Å²) in [6.07, 6.45) is 0. The number of nitrogens with zero attached hydrogens (tertiary/aromatic N) is 1. The molecule has 1 N–H and O–H groups in total. The van der Waals surface area contributed by atoms with E-state index < -0.39 is 0 Å². The lowest BCUT2D eigenvalue weighted by Gasteiger charge is -1.50. The van der Waals surface area contributed by atoms with Crippen molar-refractivity contribution in [3.8, 4) is 6.07 Å². The summed E-state index contributed by atoms with van der Waals surface area (Å²) in [6, 6.07) is 1.49. The summed E-state index contributed by atoms with van der Waals surface area (Å²) in [6.45, 7) is -0.375. The molecule has 0 radical (unpaired) electrons. The maximum absolute atomic E-state index is 7.51. The minimum Gasteiger partial charge on any atom is -0.381 e. The first-order valence-corrected chi connectivity index (χ1v) is 0.893. The third-order valence-electron chi connectivity index (χ3n) is 0.0707. The van der Waals surface area contributed by atoms with Crippen LogP contribution in [0.5, 0.6) is 0 Å². The van der Waals surface area contributed by atoms with Gasteiger partial charge in [0.05, 0.1) is 6.07 Å². The molecule has 0 amide bonds. The number of aliphatic hydroxyl groups is 1. The Morgan fingerprint density at radius 1 is 1.80 bits per heavy atom. The van der Waals surface area contributed by atoms with E-state index >= 15 is 0 Å². The number of hydrogen-bond donors (Lipinski definition) is 1. The zero-order valence-corrected chi connectivity index (χ0v) is 3.33. The van der Waals surface area contributed by atoms with Gasteiger partial charge in [0.2, 0.25) is 0 Å². The highest BCUT2D eigenvalue weighted by molar-refractivity contribution is 5.85. The normalized spacial score (nSPS) is 4.00. The molecular weight excluding hydrogens is 89.5 g/mol. The zero-order valence-electron chi connectivity index (χ0n) is 2.51. The molecule has 0 aliphatic heterocycles. The molecule has 0 saturated carbocycles. The van der Waals surface area contributed by atoms with Gasteiger partial charge in [0, 0.05) is 0 Å². The van der Waals surface area contributed by atoms with E-state index in [0.29, 0.717) is 0 Å². The van der Waals surface area contributed by atoms with E-state index in [-0.39, 0.29) is 19.0 Å².